The summed E-state index contributed by atoms with van der Waals surface area (Å²) in [6, 6.07) is 5.10. The van der Waals surface area contributed by atoms with Gasteiger partial charge in [0.2, 0.25) is 11.9 Å². The van der Waals surface area contributed by atoms with Gasteiger partial charge in [0.15, 0.2) is 0 Å². The highest BCUT2D eigenvalue weighted by Crippen LogP contribution is 2.14. The molecule has 4 N–H and O–H groups in total. The summed E-state index contributed by atoms with van der Waals surface area (Å²) in [6.45, 7) is 1.86. The van der Waals surface area contributed by atoms with Crippen LogP contribution in [0.15, 0.2) is 24.5 Å². The van der Waals surface area contributed by atoms with Crippen molar-refractivity contribution in [3.05, 3.63) is 35.7 Å². The van der Waals surface area contributed by atoms with Crippen LogP contribution in [0.4, 0.5) is 5.95 Å². The second-order valence-electron chi connectivity index (χ2n) is 3.41. The van der Waals surface area contributed by atoms with Crippen LogP contribution in [0.25, 0.3) is 5.69 Å². The number of hydrogen-bond acceptors (Lipinski definition) is 4. The van der Waals surface area contributed by atoms with Gasteiger partial charge in [0, 0.05) is 5.56 Å². The Labute approximate surface area is 91.9 Å². The average molecular weight is 217 g/mol. The third-order valence-electron chi connectivity index (χ3n) is 2.24. The first-order valence-electron chi connectivity index (χ1n) is 4.66. The summed E-state index contributed by atoms with van der Waals surface area (Å²) in [5.74, 6) is -0.244. The van der Waals surface area contributed by atoms with Gasteiger partial charge in [-0.25, -0.2) is 9.67 Å². The Morgan fingerprint density at radius 2 is 2.19 bits per heavy atom. The van der Waals surface area contributed by atoms with E-state index in [9.17, 15) is 4.79 Å². The Bertz CT molecular complexity index is 546. The zero-order chi connectivity index (χ0) is 11.7. The Morgan fingerprint density at radius 3 is 2.69 bits per heavy atom. The predicted octanol–water partition coefficient (Wildman–Crippen LogP) is 0.257. The minimum Gasteiger partial charge on any atom is -0.366 e. The van der Waals surface area contributed by atoms with E-state index in [1.807, 2.05) is 6.92 Å². The highest BCUT2D eigenvalue weighted by atomic mass is 16.1. The van der Waals surface area contributed by atoms with Crippen LogP contribution in [-0.4, -0.2) is 20.7 Å². The number of rotatable bonds is 2. The largest absolute Gasteiger partial charge is 0.366 e. The number of nitrogens with zero attached hydrogens (tertiary/aromatic N) is 3. The van der Waals surface area contributed by atoms with Gasteiger partial charge >= 0.3 is 0 Å². The second-order valence-corrected chi connectivity index (χ2v) is 3.41. The molecule has 0 unspecified atom stereocenters. The van der Waals surface area contributed by atoms with Gasteiger partial charge in [-0.1, -0.05) is 0 Å². The fourth-order valence-corrected chi connectivity index (χ4v) is 1.46. The van der Waals surface area contributed by atoms with Crippen molar-refractivity contribution in [1.82, 2.24) is 14.8 Å². The number of carbonyl (C=O) groups excluding carboxylic acids is 1. The zero-order valence-electron chi connectivity index (χ0n) is 8.71. The van der Waals surface area contributed by atoms with Crippen molar-refractivity contribution >= 4 is 11.9 Å². The molecule has 0 spiro atoms. The lowest BCUT2D eigenvalue weighted by Gasteiger charge is -2.05. The van der Waals surface area contributed by atoms with Crippen LogP contribution in [-0.2, 0) is 0 Å². The molecule has 0 aliphatic carbocycles. The number of nitrogen functional groups attached to an aromatic ring is 1. The third-order valence-corrected chi connectivity index (χ3v) is 2.24. The lowest BCUT2D eigenvalue weighted by Crippen LogP contribution is -2.11. The maximum atomic E-state index is 11.0. The van der Waals surface area contributed by atoms with E-state index in [1.165, 1.54) is 6.33 Å². The molecule has 2 rings (SSSR count). The molecule has 2 aromatic rings. The Kier molecular flexibility index (Phi) is 2.32. The van der Waals surface area contributed by atoms with Gasteiger partial charge in [0.25, 0.3) is 0 Å². The summed E-state index contributed by atoms with van der Waals surface area (Å²) in [5, 5.41) is 3.98. The van der Waals surface area contributed by atoms with Gasteiger partial charge in [-0.2, -0.15) is 0 Å². The van der Waals surface area contributed by atoms with Gasteiger partial charge < -0.3 is 11.5 Å². The quantitative estimate of drug-likeness (QED) is 0.753. The molecule has 0 bridgehead atoms. The molecule has 82 valence electrons. The fourth-order valence-electron chi connectivity index (χ4n) is 1.46. The van der Waals surface area contributed by atoms with Crippen LogP contribution in [0.2, 0.25) is 0 Å². The second kappa shape index (κ2) is 3.65. The molecule has 0 aliphatic rings. The van der Waals surface area contributed by atoms with Crippen LogP contribution >= 0.6 is 0 Å². The molecule has 6 heteroatoms. The molecular weight excluding hydrogens is 206 g/mol. The van der Waals surface area contributed by atoms with E-state index in [4.69, 9.17) is 11.5 Å². The molecule has 0 radical (unpaired) electrons. The highest BCUT2D eigenvalue weighted by molar-refractivity contribution is 5.93. The standard InChI is InChI=1S/C10H11N5O/c1-6-4-7(9(11)16)2-3-8(6)15-5-13-10(12)14-15/h2-5H,1H3,(H2,11,16)(H2,12,14). The first-order chi connectivity index (χ1) is 7.58. The van der Waals surface area contributed by atoms with E-state index < -0.39 is 5.91 Å². The van der Waals surface area contributed by atoms with Crippen molar-refractivity contribution in [2.45, 2.75) is 6.92 Å². The number of carbonyl (C=O) groups is 1. The first kappa shape index (κ1) is 10.2. The van der Waals surface area contributed by atoms with Crippen LogP contribution in [0, 0.1) is 6.92 Å². The van der Waals surface area contributed by atoms with Gasteiger partial charge in [0.1, 0.15) is 6.33 Å². The number of amides is 1. The van der Waals surface area contributed by atoms with Crippen LogP contribution in [0.5, 0.6) is 0 Å². The van der Waals surface area contributed by atoms with Crippen molar-refractivity contribution in [3.63, 3.8) is 0 Å². The molecule has 0 atom stereocenters. The Hall–Kier alpha value is -2.37. The van der Waals surface area contributed by atoms with Crippen molar-refractivity contribution in [2.24, 2.45) is 5.73 Å². The molecule has 0 saturated carbocycles. The minimum atomic E-state index is -0.451. The predicted molar refractivity (Wildman–Crippen MR) is 59.0 cm³/mol. The summed E-state index contributed by atoms with van der Waals surface area (Å²) >= 11 is 0. The maximum absolute atomic E-state index is 11.0. The summed E-state index contributed by atoms with van der Waals surface area (Å²) in [6.07, 6.45) is 1.52. The molecule has 1 aromatic heterocycles. The molecule has 0 fully saturated rings. The van der Waals surface area contributed by atoms with Crippen LogP contribution in [0.3, 0.4) is 0 Å². The van der Waals surface area contributed by atoms with E-state index in [1.54, 1.807) is 22.9 Å². The third kappa shape index (κ3) is 1.72. The smallest absolute Gasteiger partial charge is 0.248 e. The number of aryl methyl sites for hydroxylation is 1. The number of hydrogen-bond donors (Lipinski definition) is 2. The number of nitrogens with two attached hydrogens (primary N) is 2. The van der Waals surface area contributed by atoms with E-state index in [0.717, 1.165) is 11.3 Å². The van der Waals surface area contributed by atoms with E-state index >= 15 is 0 Å². The number of benzene rings is 1. The van der Waals surface area contributed by atoms with Crippen molar-refractivity contribution in [3.8, 4) is 5.69 Å². The normalized spacial score (nSPS) is 10.3. The average Bonchev–Trinajstić information content (AvgIpc) is 2.64. The summed E-state index contributed by atoms with van der Waals surface area (Å²) < 4.78 is 1.55. The lowest BCUT2D eigenvalue weighted by atomic mass is 10.1. The van der Waals surface area contributed by atoms with Crippen molar-refractivity contribution in [2.75, 3.05) is 5.73 Å². The van der Waals surface area contributed by atoms with Gasteiger partial charge in [-0.05, 0) is 30.7 Å². The fraction of sp³-hybridized carbons (Fsp3) is 0.100. The van der Waals surface area contributed by atoms with Gasteiger partial charge in [-0.15, -0.1) is 5.10 Å². The highest BCUT2D eigenvalue weighted by Gasteiger charge is 2.06. The van der Waals surface area contributed by atoms with Crippen molar-refractivity contribution < 1.29 is 4.79 Å². The Balaban J connectivity index is 2.47. The summed E-state index contributed by atoms with van der Waals surface area (Å²) in [7, 11) is 0. The minimum absolute atomic E-state index is 0.207. The van der Waals surface area contributed by atoms with E-state index in [-0.39, 0.29) is 5.95 Å². The molecule has 16 heavy (non-hydrogen) atoms. The summed E-state index contributed by atoms with van der Waals surface area (Å²) in [4.78, 5) is 14.8. The number of anilines is 1. The number of aromatic nitrogens is 3. The molecular formula is C10H11N5O. The first-order valence-corrected chi connectivity index (χ1v) is 4.66. The zero-order valence-corrected chi connectivity index (χ0v) is 8.71. The topological polar surface area (TPSA) is 99.8 Å². The maximum Gasteiger partial charge on any atom is 0.248 e. The molecule has 0 aliphatic heterocycles. The van der Waals surface area contributed by atoms with Crippen LogP contribution in [0.1, 0.15) is 15.9 Å². The molecule has 6 nitrogen and oxygen atoms in total. The summed E-state index contributed by atoms with van der Waals surface area (Å²) in [5.41, 5.74) is 12.8. The van der Waals surface area contributed by atoms with Crippen LogP contribution < -0.4 is 11.5 Å². The molecule has 1 heterocycles. The van der Waals surface area contributed by atoms with Crippen molar-refractivity contribution in [1.29, 1.82) is 0 Å². The Morgan fingerprint density at radius 1 is 1.44 bits per heavy atom. The monoisotopic (exact) mass is 217 g/mol. The molecule has 1 aromatic carbocycles. The molecule has 1 amide bonds. The SMILES string of the molecule is Cc1cc(C(N)=O)ccc1-n1cnc(N)n1. The lowest BCUT2D eigenvalue weighted by molar-refractivity contribution is 0.1000. The van der Waals surface area contributed by atoms with Gasteiger partial charge in [0.05, 0.1) is 5.69 Å². The van der Waals surface area contributed by atoms with E-state index in [0.29, 0.717) is 5.56 Å². The molecule has 0 saturated heterocycles. The van der Waals surface area contributed by atoms with Gasteiger partial charge in [-0.3, -0.25) is 4.79 Å². The van der Waals surface area contributed by atoms with E-state index in [2.05, 4.69) is 10.1 Å². The number of primary amides is 1.